The molecule has 3 heterocycles. The first-order valence-electron chi connectivity index (χ1n) is 9.35. The second-order valence-electron chi connectivity index (χ2n) is 7.66. The molecule has 144 valence electrons. The van der Waals surface area contributed by atoms with Crippen molar-refractivity contribution < 1.29 is 13.9 Å². The fourth-order valence-corrected chi connectivity index (χ4v) is 4.21. The zero-order valence-electron chi connectivity index (χ0n) is 15.8. The summed E-state index contributed by atoms with van der Waals surface area (Å²) in [6.07, 6.45) is 3.96. The number of carbonyl (C=O) groups excluding carboxylic acids is 1. The second-order valence-corrected chi connectivity index (χ2v) is 7.66. The quantitative estimate of drug-likeness (QED) is 0.829. The lowest BCUT2D eigenvalue weighted by atomic mass is 9.90. The van der Waals surface area contributed by atoms with Crippen LogP contribution in [0.5, 0.6) is 0 Å². The molecule has 1 aromatic heterocycles. The molecule has 7 heteroatoms. The number of aryl methyl sites for hydroxylation is 2. The van der Waals surface area contributed by atoms with Crippen molar-refractivity contribution in [2.75, 3.05) is 31.1 Å². The molecule has 4 rings (SSSR count). The molecule has 1 unspecified atom stereocenters. The Morgan fingerprint density at radius 2 is 2.19 bits per heavy atom. The number of carbonyl (C=O) groups is 1. The lowest BCUT2D eigenvalue weighted by Gasteiger charge is -2.47. The van der Waals surface area contributed by atoms with Gasteiger partial charge in [-0.2, -0.15) is 5.10 Å². The average molecular weight is 372 g/mol. The highest BCUT2D eigenvalue weighted by Gasteiger charge is 2.43. The van der Waals surface area contributed by atoms with E-state index in [1.54, 1.807) is 17.0 Å². The van der Waals surface area contributed by atoms with Crippen LogP contribution >= 0.6 is 0 Å². The molecule has 2 fully saturated rings. The number of benzene rings is 1. The summed E-state index contributed by atoms with van der Waals surface area (Å²) >= 11 is 0. The summed E-state index contributed by atoms with van der Waals surface area (Å²) in [6, 6.07) is 6.22. The van der Waals surface area contributed by atoms with Crippen molar-refractivity contribution in [1.29, 1.82) is 0 Å². The predicted octanol–water partition coefficient (Wildman–Crippen LogP) is 2.27. The molecule has 0 N–H and O–H groups in total. The maximum Gasteiger partial charge on any atom is 0.253 e. The van der Waals surface area contributed by atoms with Crippen LogP contribution in [-0.4, -0.2) is 52.4 Å². The number of halogens is 1. The number of hydrogen-bond acceptors (Lipinski definition) is 4. The SMILES string of the molecule is Cc1nn(C)cc1CN1CCCC2(C1)CN(c1cccc(F)c1)C(=O)CO2. The number of likely N-dealkylation sites (tertiary alicyclic amines) is 1. The zero-order valence-corrected chi connectivity index (χ0v) is 15.8. The molecule has 2 aromatic rings. The van der Waals surface area contributed by atoms with Gasteiger partial charge in [-0.1, -0.05) is 6.07 Å². The van der Waals surface area contributed by atoms with E-state index in [4.69, 9.17) is 4.74 Å². The van der Waals surface area contributed by atoms with Crippen LogP contribution in [0.2, 0.25) is 0 Å². The molecule has 1 amide bonds. The summed E-state index contributed by atoms with van der Waals surface area (Å²) in [5.41, 5.74) is 2.44. The van der Waals surface area contributed by atoms with Crippen LogP contribution in [0.1, 0.15) is 24.1 Å². The highest BCUT2D eigenvalue weighted by molar-refractivity contribution is 5.95. The van der Waals surface area contributed by atoms with Gasteiger partial charge in [0.2, 0.25) is 0 Å². The Morgan fingerprint density at radius 1 is 1.33 bits per heavy atom. The van der Waals surface area contributed by atoms with E-state index < -0.39 is 5.60 Å². The minimum absolute atomic E-state index is 0.0380. The number of hydrogen-bond donors (Lipinski definition) is 0. The lowest BCUT2D eigenvalue weighted by Crippen LogP contribution is -2.61. The van der Waals surface area contributed by atoms with E-state index in [9.17, 15) is 9.18 Å². The highest BCUT2D eigenvalue weighted by atomic mass is 19.1. The molecule has 0 radical (unpaired) electrons. The first kappa shape index (κ1) is 18.1. The third-order valence-corrected chi connectivity index (χ3v) is 5.50. The number of rotatable bonds is 3. The van der Waals surface area contributed by atoms with Crippen molar-refractivity contribution in [3.63, 3.8) is 0 Å². The molecule has 2 aliphatic heterocycles. The van der Waals surface area contributed by atoms with Crippen LogP contribution in [0.3, 0.4) is 0 Å². The van der Waals surface area contributed by atoms with Gasteiger partial charge < -0.3 is 9.64 Å². The van der Waals surface area contributed by atoms with Gasteiger partial charge in [-0.05, 0) is 44.5 Å². The molecule has 2 aliphatic rings. The predicted molar refractivity (Wildman–Crippen MR) is 99.9 cm³/mol. The molecule has 0 saturated carbocycles. The Morgan fingerprint density at radius 3 is 2.93 bits per heavy atom. The van der Waals surface area contributed by atoms with Gasteiger partial charge in [-0.15, -0.1) is 0 Å². The summed E-state index contributed by atoms with van der Waals surface area (Å²) in [6.45, 7) is 5.08. The molecule has 0 bridgehead atoms. The van der Waals surface area contributed by atoms with Gasteiger partial charge in [0, 0.05) is 37.6 Å². The first-order valence-corrected chi connectivity index (χ1v) is 9.35. The van der Waals surface area contributed by atoms with E-state index in [0.29, 0.717) is 12.2 Å². The molecule has 6 nitrogen and oxygen atoms in total. The second kappa shape index (κ2) is 7.05. The van der Waals surface area contributed by atoms with Gasteiger partial charge in [0.25, 0.3) is 5.91 Å². The van der Waals surface area contributed by atoms with E-state index in [1.807, 2.05) is 18.7 Å². The van der Waals surface area contributed by atoms with Crippen LogP contribution in [0.4, 0.5) is 10.1 Å². The Labute approximate surface area is 158 Å². The van der Waals surface area contributed by atoms with Crippen molar-refractivity contribution in [2.45, 2.75) is 31.9 Å². The van der Waals surface area contributed by atoms with Crippen molar-refractivity contribution in [2.24, 2.45) is 7.05 Å². The summed E-state index contributed by atoms with van der Waals surface area (Å²) in [5, 5.41) is 4.42. The van der Waals surface area contributed by atoms with Gasteiger partial charge in [-0.25, -0.2) is 4.39 Å². The van der Waals surface area contributed by atoms with E-state index in [0.717, 1.165) is 38.2 Å². The average Bonchev–Trinajstić information content (AvgIpc) is 2.95. The number of amides is 1. The molecule has 1 atom stereocenters. The van der Waals surface area contributed by atoms with Gasteiger partial charge in [0.15, 0.2) is 0 Å². The molecular weight excluding hydrogens is 347 g/mol. The summed E-state index contributed by atoms with van der Waals surface area (Å²) in [4.78, 5) is 16.4. The van der Waals surface area contributed by atoms with E-state index in [-0.39, 0.29) is 18.3 Å². The van der Waals surface area contributed by atoms with E-state index in [1.165, 1.54) is 17.7 Å². The number of aromatic nitrogens is 2. The molecule has 1 spiro atoms. The summed E-state index contributed by atoms with van der Waals surface area (Å²) in [5.74, 6) is -0.454. The van der Waals surface area contributed by atoms with Gasteiger partial charge in [0.05, 0.1) is 17.8 Å². The van der Waals surface area contributed by atoms with Crippen molar-refractivity contribution in [3.8, 4) is 0 Å². The zero-order chi connectivity index (χ0) is 19.0. The minimum atomic E-state index is -0.408. The third kappa shape index (κ3) is 3.75. The molecule has 0 aliphatic carbocycles. The van der Waals surface area contributed by atoms with Gasteiger partial charge in [0.1, 0.15) is 12.4 Å². The molecule has 2 saturated heterocycles. The van der Waals surface area contributed by atoms with Crippen molar-refractivity contribution in [1.82, 2.24) is 14.7 Å². The van der Waals surface area contributed by atoms with Crippen LogP contribution in [-0.2, 0) is 23.1 Å². The van der Waals surface area contributed by atoms with Gasteiger partial charge in [-0.3, -0.25) is 14.4 Å². The number of ether oxygens (including phenoxy) is 1. The van der Waals surface area contributed by atoms with Crippen molar-refractivity contribution in [3.05, 3.63) is 47.5 Å². The maximum atomic E-state index is 13.6. The molecule has 1 aromatic carbocycles. The van der Waals surface area contributed by atoms with Crippen molar-refractivity contribution >= 4 is 11.6 Å². The monoisotopic (exact) mass is 372 g/mol. The summed E-state index contributed by atoms with van der Waals surface area (Å²) in [7, 11) is 1.93. The number of nitrogens with zero attached hydrogens (tertiary/aromatic N) is 4. The normalized spacial score (nSPS) is 24.0. The lowest BCUT2D eigenvalue weighted by molar-refractivity contribution is -0.146. The first-order chi connectivity index (χ1) is 12.9. The van der Waals surface area contributed by atoms with E-state index in [2.05, 4.69) is 16.2 Å². The largest absolute Gasteiger partial charge is 0.362 e. The smallest absolute Gasteiger partial charge is 0.253 e. The van der Waals surface area contributed by atoms with Crippen LogP contribution in [0.15, 0.2) is 30.5 Å². The minimum Gasteiger partial charge on any atom is -0.362 e. The fourth-order valence-electron chi connectivity index (χ4n) is 4.21. The third-order valence-electron chi connectivity index (χ3n) is 5.50. The molecule has 27 heavy (non-hydrogen) atoms. The number of piperidine rings is 1. The Hall–Kier alpha value is -2.25. The van der Waals surface area contributed by atoms with Gasteiger partial charge >= 0.3 is 0 Å². The Bertz CT molecular complexity index is 852. The Kier molecular flexibility index (Phi) is 4.74. The van der Waals surface area contributed by atoms with Crippen LogP contribution < -0.4 is 4.90 Å². The van der Waals surface area contributed by atoms with Crippen LogP contribution in [0.25, 0.3) is 0 Å². The maximum absolute atomic E-state index is 13.6. The Balaban J connectivity index is 1.51. The number of anilines is 1. The highest BCUT2D eigenvalue weighted by Crippen LogP contribution is 2.32. The standard InChI is InChI=1S/C20H25FN4O2/c1-15-16(10-23(2)22-15)11-24-8-4-7-20(13-24)14-25(19(26)12-27-20)18-6-3-5-17(21)9-18/h3,5-6,9-10H,4,7-8,11-14H2,1-2H3. The number of morpholine rings is 1. The van der Waals surface area contributed by atoms with E-state index >= 15 is 0 Å². The topological polar surface area (TPSA) is 50.6 Å². The fraction of sp³-hybridized carbons (Fsp3) is 0.500. The molecular formula is C20H25FN4O2. The summed E-state index contributed by atoms with van der Waals surface area (Å²) < 4.78 is 21.5. The van der Waals surface area contributed by atoms with Crippen LogP contribution in [0, 0.1) is 12.7 Å².